The zero-order chi connectivity index (χ0) is 9.10. The summed E-state index contributed by atoms with van der Waals surface area (Å²) in [6.45, 7) is 3.87. The van der Waals surface area contributed by atoms with Gasteiger partial charge in [-0.1, -0.05) is 31.5 Å². The van der Waals surface area contributed by atoms with Crippen molar-refractivity contribution >= 4 is 21.4 Å². The average molecular weight is 189 g/mol. The van der Waals surface area contributed by atoms with Crippen LogP contribution in [0.25, 0.3) is 10.1 Å². The molecular weight excluding hydrogens is 176 g/mol. The third-order valence-electron chi connectivity index (χ3n) is 2.26. The lowest BCUT2D eigenvalue weighted by Gasteiger charge is -1.96. The Bertz CT molecular complexity index is 387. The highest BCUT2D eigenvalue weighted by Gasteiger charge is 2.01. The molecule has 67 valence electrons. The van der Waals surface area contributed by atoms with E-state index >= 15 is 0 Å². The predicted molar refractivity (Wildman–Crippen MR) is 60.1 cm³/mol. The minimum absolute atomic E-state index is 1.03. The summed E-state index contributed by atoms with van der Waals surface area (Å²) < 4.78 is 1.40. The van der Waals surface area contributed by atoms with E-state index in [9.17, 15) is 0 Å². The van der Waals surface area contributed by atoms with E-state index in [1.807, 2.05) is 11.3 Å². The summed E-state index contributed by atoms with van der Waals surface area (Å²) in [4.78, 5) is 0. The van der Waals surface area contributed by atoms with Crippen LogP contribution in [0.3, 0.4) is 0 Å². The SMILES string of the molecule is [CH2]CCCc1csc2ccccc12. The maximum absolute atomic E-state index is 3.87. The Morgan fingerprint density at radius 2 is 2.08 bits per heavy atom. The summed E-state index contributed by atoms with van der Waals surface area (Å²) in [7, 11) is 0. The van der Waals surface area contributed by atoms with Crippen molar-refractivity contribution in [2.24, 2.45) is 0 Å². The van der Waals surface area contributed by atoms with Gasteiger partial charge >= 0.3 is 0 Å². The smallest absolute Gasteiger partial charge is 0.0345 e. The Morgan fingerprint density at radius 1 is 1.23 bits per heavy atom. The summed E-state index contributed by atoms with van der Waals surface area (Å²) in [5.74, 6) is 0. The Hall–Kier alpha value is -0.820. The fourth-order valence-corrected chi connectivity index (χ4v) is 2.54. The molecule has 0 atom stereocenters. The van der Waals surface area contributed by atoms with E-state index in [0.717, 1.165) is 6.42 Å². The van der Waals surface area contributed by atoms with Gasteiger partial charge in [0.25, 0.3) is 0 Å². The lowest BCUT2D eigenvalue weighted by molar-refractivity contribution is 0.848. The average Bonchev–Trinajstić information content (AvgIpc) is 2.58. The predicted octanol–water partition coefficient (Wildman–Crippen LogP) is 4.06. The minimum Gasteiger partial charge on any atom is -0.144 e. The minimum atomic E-state index is 1.03. The second-order valence-electron chi connectivity index (χ2n) is 3.21. The number of unbranched alkanes of at least 4 members (excludes halogenated alkanes) is 1. The van der Waals surface area contributed by atoms with E-state index in [4.69, 9.17) is 0 Å². The molecular formula is C12H13S. The van der Waals surface area contributed by atoms with Gasteiger partial charge in [-0.15, -0.1) is 11.3 Å². The largest absolute Gasteiger partial charge is 0.144 e. The number of aryl methyl sites for hydroxylation is 1. The van der Waals surface area contributed by atoms with Gasteiger partial charge in [0.1, 0.15) is 0 Å². The third kappa shape index (κ3) is 1.75. The number of hydrogen-bond acceptors (Lipinski definition) is 1. The van der Waals surface area contributed by atoms with Crippen LogP contribution in [-0.4, -0.2) is 0 Å². The first-order valence-electron chi connectivity index (χ1n) is 4.66. The molecule has 0 spiro atoms. The summed E-state index contributed by atoms with van der Waals surface area (Å²) in [5, 5.41) is 3.71. The summed E-state index contributed by atoms with van der Waals surface area (Å²) in [6, 6.07) is 8.62. The maximum atomic E-state index is 3.87. The van der Waals surface area contributed by atoms with Crippen LogP contribution in [0, 0.1) is 6.92 Å². The molecule has 1 aromatic carbocycles. The van der Waals surface area contributed by atoms with E-state index in [-0.39, 0.29) is 0 Å². The number of hydrogen-bond donors (Lipinski definition) is 0. The Morgan fingerprint density at radius 3 is 2.92 bits per heavy atom. The Kier molecular flexibility index (Phi) is 2.65. The molecule has 0 saturated carbocycles. The number of benzene rings is 1. The zero-order valence-electron chi connectivity index (χ0n) is 7.62. The standard InChI is InChI=1S/C12H13S/c1-2-3-6-10-9-13-12-8-5-4-7-11(10)12/h4-5,7-9H,1-3,6H2. The van der Waals surface area contributed by atoms with E-state index < -0.39 is 0 Å². The van der Waals surface area contributed by atoms with Crippen LogP contribution in [0.2, 0.25) is 0 Å². The fourth-order valence-electron chi connectivity index (χ4n) is 1.54. The number of thiophene rings is 1. The number of rotatable bonds is 3. The molecule has 0 N–H and O–H groups in total. The molecule has 2 aromatic rings. The van der Waals surface area contributed by atoms with Gasteiger partial charge in [-0.3, -0.25) is 0 Å². The molecule has 1 aromatic heterocycles. The molecule has 1 heteroatoms. The highest BCUT2D eigenvalue weighted by molar-refractivity contribution is 7.17. The van der Waals surface area contributed by atoms with Gasteiger partial charge in [-0.25, -0.2) is 0 Å². The molecule has 1 radical (unpaired) electrons. The maximum Gasteiger partial charge on any atom is 0.0345 e. The highest BCUT2D eigenvalue weighted by atomic mass is 32.1. The normalized spacial score (nSPS) is 10.8. The van der Waals surface area contributed by atoms with E-state index in [1.54, 1.807) is 0 Å². The van der Waals surface area contributed by atoms with Gasteiger partial charge in [0.2, 0.25) is 0 Å². The highest BCUT2D eigenvalue weighted by Crippen LogP contribution is 2.26. The molecule has 0 aliphatic heterocycles. The summed E-state index contributed by atoms with van der Waals surface area (Å²) >= 11 is 1.84. The van der Waals surface area contributed by atoms with Gasteiger partial charge in [0.05, 0.1) is 0 Å². The van der Waals surface area contributed by atoms with Crippen molar-refractivity contribution in [3.63, 3.8) is 0 Å². The van der Waals surface area contributed by atoms with Crippen LogP contribution < -0.4 is 0 Å². The first-order valence-corrected chi connectivity index (χ1v) is 5.54. The fraction of sp³-hybridized carbons (Fsp3) is 0.250. The summed E-state index contributed by atoms with van der Waals surface area (Å²) in [5.41, 5.74) is 1.49. The molecule has 0 bridgehead atoms. The van der Waals surface area contributed by atoms with Gasteiger partial charge in [-0.05, 0) is 35.2 Å². The first kappa shape index (κ1) is 8.76. The van der Waals surface area contributed by atoms with Crippen LogP contribution in [0.15, 0.2) is 29.6 Å². The topological polar surface area (TPSA) is 0 Å². The first-order chi connectivity index (χ1) is 6.42. The molecule has 0 fully saturated rings. The van der Waals surface area contributed by atoms with Crippen LogP contribution in [0.4, 0.5) is 0 Å². The molecule has 13 heavy (non-hydrogen) atoms. The van der Waals surface area contributed by atoms with Crippen molar-refractivity contribution in [2.75, 3.05) is 0 Å². The van der Waals surface area contributed by atoms with E-state index in [0.29, 0.717) is 0 Å². The van der Waals surface area contributed by atoms with Crippen molar-refractivity contribution in [3.05, 3.63) is 42.1 Å². The van der Waals surface area contributed by atoms with Gasteiger partial charge in [0.15, 0.2) is 0 Å². The van der Waals surface area contributed by atoms with Crippen LogP contribution in [0.5, 0.6) is 0 Å². The van der Waals surface area contributed by atoms with Crippen molar-refractivity contribution in [1.82, 2.24) is 0 Å². The second-order valence-corrected chi connectivity index (χ2v) is 4.13. The van der Waals surface area contributed by atoms with Crippen molar-refractivity contribution < 1.29 is 0 Å². The molecule has 0 nitrogen and oxygen atoms in total. The van der Waals surface area contributed by atoms with Crippen LogP contribution in [-0.2, 0) is 6.42 Å². The van der Waals surface area contributed by atoms with Gasteiger partial charge < -0.3 is 0 Å². The quantitative estimate of drug-likeness (QED) is 0.683. The second kappa shape index (κ2) is 3.93. The van der Waals surface area contributed by atoms with Crippen molar-refractivity contribution in [1.29, 1.82) is 0 Å². The molecule has 0 amide bonds. The molecule has 0 saturated heterocycles. The lowest BCUT2D eigenvalue weighted by Crippen LogP contribution is -1.80. The lowest BCUT2D eigenvalue weighted by atomic mass is 10.1. The molecule has 0 aliphatic carbocycles. The summed E-state index contributed by atoms with van der Waals surface area (Å²) in [6.07, 6.45) is 3.40. The van der Waals surface area contributed by atoms with Crippen LogP contribution in [0.1, 0.15) is 18.4 Å². The van der Waals surface area contributed by atoms with Crippen LogP contribution >= 0.6 is 11.3 Å². The molecule has 1 heterocycles. The molecule has 0 aliphatic rings. The third-order valence-corrected chi connectivity index (χ3v) is 3.27. The molecule has 0 unspecified atom stereocenters. The Labute approximate surface area is 83.2 Å². The van der Waals surface area contributed by atoms with Crippen molar-refractivity contribution in [3.8, 4) is 0 Å². The van der Waals surface area contributed by atoms with Gasteiger partial charge in [-0.2, -0.15) is 0 Å². The molecule has 2 rings (SSSR count). The Balaban J connectivity index is 2.35. The van der Waals surface area contributed by atoms with Crippen molar-refractivity contribution in [2.45, 2.75) is 19.3 Å². The number of fused-ring (bicyclic) bond motifs is 1. The van der Waals surface area contributed by atoms with E-state index in [1.165, 1.54) is 28.5 Å². The van der Waals surface area contributed by atoms with Gasteiger partial charge in [0, 0.05) is 4.70 Å². The zero-order valence-corrected chi connectivity index (χ0v) is 8.44. The monoisotopic (exact) mass is 189 g/mol. The van der Waals surface area contributed by atoms with E-state index in [2.05, 4.69) is 36.6 Å².